The van der Waals surface area contributed by atoms with Gasteiger partial charge in [-0.25, -0.2) is 9.37 Å². The normalized spacial score (nSPS) is 19.1. The Hall–Kier alpha value is -2.39. The lowest BCUT2D eigenvalue weighted by molar-refractivity contribution is -0.137. The van der Waals surface area contributed by atoms with E-state index in [4.69, 9.17) is 9.72 Å². The lowest BCUT2D eigenvalue weighted by atomic mass is 10.0. The molecule has 37 heavy (non-hydrogen) atoms. The van der Waals surface area contributed by atoms with Crippen LogP contribution in [0.1, 0.15) is 67.5 Å². The first-order valence-corrected chi connectivity index (χ1v) is 13.3. The van der Waals surface area contributed by atoms with Gasteiger partial charge < -0.3 is 15.0 Å². The molecule has 0 bridgehead atoms. The van der Waals surface area contributed by atoms with E-state index in [1.165, 1.54) is 12.7 Å². The zero-order chi connectivity index (χ0) is 26.6. The molecule has 2 aromatic rings. The summed E-state index contributed by atoms with van der Waals surface area (Å²) in [6.45, 7) is 5.26. The average Bonchev–Trinajstić information content (AvgIpc) is 3.37. The maximum atomic E-state index is 14.4. The fourth-order valence-corrected chi connectivity index (χ4v) is 5.52. The zero-order valence-corrected chi connectivity index (χ0v) is 22.0. The van der Waals surface area contributed by atoms with Gasteiger partial charge in [-0.05, 0) is 82.8 Å². The molecule has 3 heterocycles. The Kier molecular flexibility index (Phi) is 8.95. The van der Waals surface area contributed by atoms with Crippen LogP contribution in [0.15, 0.2) is 24.3 Å². The standard InChI is InChI=1S/C28H38F4N4O/c1-19(24-16-21(28(30,31)32)17-25(29)26(24)37-3)36-15-12-23(18-36)35(2)14-6-4-5-9-22-11-10-20-8-7-13-33-27(20)34-22/h10-11,16-17,19,23H,4-9,12-15,18H2,1-3H3,(H,33,34). The third kappa shape index (κ3) is 6.74. The summed E-state index contributed by atoms with van der Waals surface area (Å²) < 4.78 is 59.5. The Labute approximate surface area is 217 Å². The van der Waals surface area contributed by atoms with Crippen molar-refractivity contribution in [3.8, 4) is 5.75 Å². The Balaban J connectivity index is 1.25. The Bertz CT molecular complexity index is 1060. The van der Waals surface area contributed by atoms with Crippen LogP contribution < -0.4 is 10.1 Å². The van der Waals surface area contributed by atoms with E-state index in [0.717, 1.165) is 88.7 Å². The van der Waals surface area contributed by atoms with E-state index >= 15 is 0 Å². The van der Waals surface area contributed by atoms with Crippen LogP contribution in [0, 0.1) is 5.82 Å². The highest BCUT2D eigenvalue weighted by atomic mass is 19.4. The molecule has 0 saturated carbocycles. The van der Waals surface area contributed by atoms with Crippen molar-refractivity contribution in [3.05, 3.63) is 52.5 Å². The van der Waals surface area contributed by atoms with Gasteiger partial charge in [0.15, 0.2) is 11.6 Å². The topological polar surface area (TPSA) is 40.6 Å². The second kappa shape index (κ2) is 12.0. The van der Waals surface area contributed by atoms with Crippen LogP contribution in [0.3, 0.4) is 0 Å². The number of alkyl halides is 3. The number of aryl methyl sites for hydroxylation is 2. The first-order chi connectivity index (χ1) is 17.7. The fourth-order valence-electron chi connectivity index (χ4n) is 5.52. The number of rotatable bonds is 10. The molecule has 1 saturated heterocycles. The number of nitrogens with one attached hydrogen (secondary N) is 1. The van der Waals surface area contributed by atoms with Gasteiger partial charge >= 0.3 is 6.18 Å². The van der Waals surface area contributed by atoms with Crippen molar-refractivity contribution in [3.63, 3.8) is 0 Å². The molecule has 4 rings (SSSR count). The van der Waals surface area contributed by atoms with Gasteiger partial charge in [0.05, 0.1) is 12.7 Å². The third-order valence-electron chi connectivity index (χ3n) is 7.82. The number of hydrogen-bond donors (Lipinski definition) is 1. The summed E-state index contributed by atoms with van der Waals surface area (Å²) >= 11 is 0. The summed E-state index contributed by atoms with van der Waals surface area (Å²) in [5.74, 6) is -0.0376. The number of anilines is 1. The Morgan fingerprint density at radius 3 is 2.78 bits per heavy atom. The number of halogens is 4. The summed E-state index contributed by atoms with van der Waals surface area (Å²) in [5, 5.41) is 3.39. The number of unbranched alkanes of at least 4 members (excludes halogenated alkanes) is 2. The van der Waals surface area contributed by atoms with Gasteiger partial charge in [-0.15, -0.1) is 0 Å². The SMILES string of the molecule is COc1c(F)cc(C(F)(F)F)cc1C(C)N1CCC(N(C)CCCCCc2ccc3c(n2)NCCC3)C1. The molecule has 2 atom stereocenters. The largest absolute Gasteiger partial charge is 0.493 e. The molecule has 2 aliphatic heterocycles. The highest BCUT2D eigenvalue weighted by Crippen LogP contribution is 2.39. The van der Waals surface area contributed by atoms with Gasteiger partial charge in [0, 0.05) is 43.0 Å². The number of ether oxygens (including phenoxy) is 1. The maximum absolute atomic E-state index is 14.4. The van der Waals surface area contributed by atoms with Gasteiger partial charge in [-0.2, -0.15) is 13.2 Å². The van der Waals surface area contributed by atoms with Crippen LogP contribution in [-0.2, 0) is 19.0 Å². The van der Waals surface area contributed by atoms with Gasteiger partial charge in [-0.3, -0.25) is 4.90 Å². The first kappa shape index (κ1) is 27.6. The monoisotopic (exact) mass is 522 g/mol. The van der Waals surface area contributed by atoms with Crippen LogP contribution in [0.5, 0.6) is 5.75 Å². The van der Waals surface area contributed by atoms with Crippen molar-refractivity contribution < 1.29 is 22.3 Å². The molecular weight excluding hydrogens is 484 g/mol. The van der Waals surface area contributed by atoms with Crippen molar-refractivity contribution in [1.82, 2.24) is 14.8 Å². The van der Waals surface area contributed by atoms with Crippen molar-refractivity contribution >= 4 is 5.82 Å². The summed E-state index contributed by atoms with van der Waals surface area (Å²) in [7, 11) is 3.40. The molecule has 2 aliphatic rings. The van der Waals surface area contributed by atoms with Gasteiger partial charge in [-0.1, -0.05) is 12.5 Å². The van der Waals surface area contributed by atoms with E-state index in [1.807, 2.05) is 6.92 Å². The molecule has 0 spiro atoms. The van der Waals surface area contributed by atoms with E-state index in [1.54, 1.807) is 0 Å². The van der Waals surface area contributed by atoms with Crippen molar-refractivity contribution in [2.75, 3.05) is 45.7 Å². The molecule has 0 radical (unpaired) electrons. The Morgan fingerprint density at radius 2 is 2.03 bits per heavy atom. The van der Waals surface area contributed by atoms with Crippen LogP contribution in [-0.4, -0.2) is 61.2 Å². The number of benzene rings is 1. The molecule has 9 heteroatoms. The fraction of sp³-hybridized carbons (Fsp3) is 0.607. The van der Waals surface area contributed by atoms with Gasteiger partial charge in [0.2, 0.25) is 0 Å². The minimum Gasteiger partial charge on any atom is -0.493 e. The number of likely N-dealkylation sites (N-methyl/N-ethyl adjacent to an activating group) is 1. The van der Waals surface area contributed by atoms with E-state index in [2.05, 4.69) is 34.3 Å². The zero-order valence-electron chi connectivity index (χ0n) is 22.0. The maximum Gasteiger partial charge on any atom is 0.416 e. The van der Waals surface area contributed by atoms with Crippen LogP contribution in [0.25, 0.3) is 0 Å². The van der Waals surface area contributed by atoms with Gasteiger partial charge in [0.25, 0.3) is 0 Å². The Morgan fingerprint density at radius 1 is 1.22 bits per heavy atom. The molecule has 1 N–H and O–H groups in total. The average molecular weight is 523 g/mol. The quantitative estimate of drug-likeness (QED) is 0.302. The summed E-state index contributed by atoms with van der Waals surface area (Å²) in [6.07, 6.45) is 2.85. The third-order valence-corrected chi connectivity index (χ3v) is 7.82. The number of hydrogen-bond acceptors (Lipinski definition) is 5. The molecule has 204 valence electrons. The number of methoxy groups -OCH3 is 1. The molecule has 1 aromatic carbocycles. The minimum absolute atomic E-state index is 0.110. The van der Waals surface area contributed by atoms with Crippen molar-refractivity contribution in [2.24, 2.45) is 0 Å². The predicted octanol–water partition coefficient (Wildman–Crippen LogP) is 6.09. The van der Waals surface area contributed by atoms with Crippen LogP contribution in [0.2, 0.25) is 0 Å². The second-order valence-electron chi connectivity index (χ2n) is 10.3. The highest BCUT2D eigenvalue weighted by molar-refractivity contribution is 5.47. The van der Waals surface area contributed by atoms with Crippen molar-refractivity contribution in [1.29, 1.82) is 0 Å². The molecule has 1 fully saturated rings. The number of aromatic nitrogens is 1. The van der Waals surface area contributed by atoms with E-state index in [9.17, 15) is 17.6 Å². The molecular formula is C28H38F4N4O. The van der Waals surface area contributed by atoms with Gasteiger partial charge in [0.1, 0.15) is 5.82 Å². The van der Waals surface area contributed by atoms with E-state index in [-0.39, 0.29) is 17.4 Å². The number of likely N-dealkylation sites (tertiary alicyclic amines) is 1. The van der Waals surface area contributed by atoms with Crippen molar-refractivity contribution in [2.45, 2.75) is 70.1 Å². The lowest BCUT2D eigenvalue weighted by Gasteiger charge is -2.29. The lowest BCUT2D eigenvalue weighted by Crippen LogP contribution is -2.36. The predicted molar refractivity (Wildman–Crippen MR) is 138 cm³/mol. The highest BCUT2D eigenvalue weighted by Gasteiger charge is 2.36. The molecule has 5 nitrogen and oxygen atoms in total. The van der Waals surface area contributed by atoms with E-state index < -0.39 is 17.6 Å². The molecule has 0 aliphatic carbocycles. The summed E-state index contributed by atoms with van der Waals surface area (Å²) in [6, 6.07) is 5.82. The molecule has 0 amide bonds. The first-order valence-electron chi connectivity index (χ1n) is 13.3. The minimum atomic E-state index is -4.61. The number of nitrogens with zero attached hydrogens (tertiary/aromatic N) is 3. The number of pyridine rings is 1. The van der Waals surface area contributed by atoms with E-state index in [0.29, 0.717) is 12.1 Å². The summed E-state index contributed by atoms with van der Waals surface area (Å²) in [5.41, 5.74) is 1.71. The van der Waals surface area contributed by atoms with Crippen LogP contribution in [0.4, 0.5) is 23.4 Å². The van der Waals surface area contributed by atoms with Crippen LogP contribution >= 0.6 is 0 Å². The number of fused-ring (bicyclic) bond motifs is 1. The molecule has 2 unspecified atom stereocenters. The smallest absolute Gasteiger partial charge is 0.416 e. The summed E-state index contributed by atoms with van der Waals surface area (Å²) in [4.78, 5) is 9.24. The molecule has 1 aromatic heterocycles. The second-order valence-corrected chi connectivity index (χ2v) is 10.3.